The van der Waals surface area contributed by atoms with Gasteiger partial charge in [-0.2, -0.15) is 0 Å². The van der Waals surface area contributed by atoms with Crippen LogP contribution in [-0.2, 0) is 9.59 Å². The summed E-state index contributed by atoms with van der Waals surface area (Å²) in [6, 6.07) is -0.746. The highest BCUT2D eigenvalue weighted by atomic mass is 16.4. The third-order valence-electron chi connectivity index (χ3n) is 5.45. The van der Waals surface area contributed by atoms with E-state index < -0.39 is 12.0 Å². The van der Waals surface area contributed by atoms with Crippen LogP contribution in [0.4, 0.5) is 0 Å². The van der Waals surface area contributed by atoms with Crippen LogP contribution in [-0.4, -0.2) is 58.5 Å². The van der Waals surface area contributed by atoms with Gasteiger partial charge in [0.05, 0.1) is 6.04 Å². The first-order valence-corrected chi connectivity index (χ1v) is 7.87. The van der Waals surface area contributed by atoms with Gasteiger partial charge in [0.15, 0.2) is 0 Å². The van der Waals surface area contributed by atoms with Gasteiger partial charge in [0.1, 0.15) is 6.04 Å². The van der Waals surface area contributed by atoms with E-state index in [0.29, 0.717) is 5.92 Å². The zero-order valence-corrected chi connectivity index (χ0v) is 12.1. The second-order valence-corrected chi connectivity index (χ2v) is 6.54. The zero-order chi connectivity index (χ0) is 14.3. The van der Waals surface area contributed by atoms with Crippen LogP contribution in [0.5, 0.6) is 0 Å². The number of nitrogens with zero attached hydrogens (tertiary/aromatic N) is 2. The van der Waals surface area contributed by atoms with E-state index in [1.807, 2.05) is 16.7 Å². The highest BCUT2D eigenvalue weighted by Gasteiger charge is 2.50. The van der Waals surface area contributed by atoms with Crippen LogP contribution in [0.3, 0.4) is 0 Å². The Morgan fingerprint density at radius 3 is 2.50 bits per heavy atom. The lowest BCUT2D eigenvalue weighted by molar-refractivity contribution is -0.146. The Morgan fingerprint density at radius 2 is 1.85 bits per heavy atom. The molecule has 4 unspecified atom stereocenters. The number of amides is 1. The van der Waals surface area contributed by atoms with Crippen LogP contribution >= 0.6 is 0 Å². The van der Waals surface area contributed by atoms with Gasteiger partial charge in [0.25, 0.3) is 0 Å². The molecule has 0 aromatic carbocycles. The van der Waals surface area contributed by atoms with Gasteiger partial charge >= 0.3 is 5.97 Å². The molecule has 3 fully saturated rings. The minimum atomic E-state index is -0.750. The third kappa shape index (κ3) is 2.22. The molecule has 2 aliphatic heterocycles. The molecule has 112 valence electrons. The lowest BCUT2D eigenvalue weighted by Gasteiger charge is -2.31. The first-order valence-electron chi connectivity index (χ1n) is 7.87. The molecule has 0 aromatic rings. The van der Waals surface area contributed by atoms with Gasteiger partial charge in [0.2, 0.25) is 5.91 Å². The number of hydrogen-bond donors (Lipinski definition) is 1. The third-order valence-corrected chi connectivity index (χ3v) is 5.45. The van der Waals surface area contributed by atoms with Crippen LogP contribution in [0.15, 0.2) is 0 Å². The number of carboxylic acid groups (broad SMARTS) is 1. The minimum Gasteiger partial charge on any atom is -0.480 e. The molecular formula is C15H24N2O3. The van der Waals surface area contributed by atoms with Crippen molar-refractivity contribution in [1.82, 2.24) is 9.80 Å². The first kappa shape index (κ1) is 13.9. The lowest BCUT2D eigenvalue weighted by Crippen LogP contribution is -2.51. The second-order valence-electron chi connectivity index (χ2n) is 6.54. The maximum absolute atomic E-state index is 12.5. The number of aliphatic carboxylic acids is 1. The Labute approximate surface area is 119 Å². The number of fused-ring (bicyclic) bond motifs is 1. The van der Waals surface area contributed by atoms with Crippen LogP contribution in [0, 0.1) is 11.8 Å². The van der Waals surface area contributed by atoms with Crippen molar-refractivity contribution in [2.75, 3.05) is 19.6 Å². The summed E-state index contributed by atoms with van der Waals surface area (Å²) in [7, 11) is 0. The summed E-state index contributed by atoms with van der Waals surface area (Å²) in [5, 5.41) is 9.56. The molecule has 1 amide bonds. The van der Waals surface area contributed by atoms with E-state index in [-0.39, 0.29) is 17.9 Å². The van der Waals surface area contributed by atoms with E-state index in [2.05, 4.69) is 0 Å². The maximum Gasteiger partial charge on any atom is 0.321 e. The van der Waals surface area contributed by atoms with Gasteiger partial charge in [-0.15, -0.1) is 0 Å². The van der Waals surface area contributed by atoms with E-state index in [9.17, 15) is 14.7 Å². The highest BCUT2D eigenvalue weighted by molar-refractivity contribution is 5.83. The molecule has 4 atom stereocenters. The number of rotatable bonds is 3. The van der Waals surface area contributed by atoms with Gasteiger partial charge in [-0.05, 0) is 44.4 Å². The normalized spacial score (nSPS) is 35.2. The predicted octanol–water partition coefficient (Wildman–Crippen LogP) is 1.18. The van der Waals surface area contributed by atoms with E-state index in [4.69, 9.17) is 0 Å². The summed E-state index contributed by atoms with van der Waals surface area (Å²) in [5.41, 5.74) is 0. The number of hydrogen-bond acceptors (Lipinski definition) is 3. The van der Waals surface area contributed by atoms with Crippen molar-refractivity contribution in [3.05, 3.63) is 0 Å². The largest absolute Gasteiger partial charge is 0.480 e. The SMILES string of the molecule is CC(C(=O)N1CCCC1)N1CC2CCCC2C1C(=O)O. The Hall–Kier alpha value is -1.10. The summed E-state index contributed by atoms with van der Waals surface area (Å²) in [6.45, 7) is 4.34. The Kier molecular flexibility index (Phi) is 3.71. The van der Waals surface area contributed by atoms with E-state index in [1.54, 1.807) is 0 Å². The van der Waals surface area contributed by atoms with Gasteiger partial charge in [0, 0.05) is 19.6 Å². The Balaban J connectivity index is 1.74. The molecule has 0 bridgehead atoms. The maximum atomic E-state index is 12.5. The summed E-state index contributed by atoms with van der Waals surface area (Å²) < 4.78 is 0. The van der Waals surface area contributed by atoms with Crippen molar-refractivity contribution >= 4 is 11.9 Å². The van der Waals surface area contributed by atoms with Crippen molar-refractivity contribution in [3.8, 4) is 0 Å². The second kappa shape index (κ2) is 5.35. The predicted molar refractivity (Wildman–Crippen MR) is 74.2 cm³/mol. The fourth-order valence-corrected chi connectivity index (χ4v) is 4.41. The summed E-state index contributed by atoms with van der Waals surface area (Å²) in [5.74, 6) is 0.0976. The van der Waals surface area contributed by atoms with Crippen molar-refractivity contribution < 1.29 is 14.7 Å². The number of likely N-dealkylation sites (tertiary alicyclic amines) is 2. The molecule has 1 saturated carbocycles. The van der Waals surface area contributed by atoms with Gasteiger partial charge in [-0.25, -0.2) is 0 Å². The van der Waals surface area contributed by atoms with Crippen LogP contribution < -0.4 is 0 Å². The molecule has 1 aliphatic carbocycles. The molecule has 1 N–H and O–H groups in total. The van der Waals surface area contributed by atoms with Gasteiger partial charge in [-0.1, -0.05) is 6.42 Å². The zero-order valence-electron chi connectivity index (χ0n) is 12.1. The molecule has 5 nitrogen and oxygen atoms in total. The number of carboxylic acids is 1. The Bertz CT molecular complexity index is 406. The molecule has 2 heterocycles. The first-order chi connectivity index (χ1) is 9.59. The average Bonchev–Trinajstić information content (AvgIpc) is 3.11. The standard InChI is InChI=1S/C15H24N2O3/c1-10(14(18)16-7-2-3-8-16)17-9-11-5-4-6-12(11)13(17)15(19)20/h10-13H,2-9H2,1H3,(H,19,20). The molecule has 2 saturated heterocycles. The summed E-state index contributed by atoms with van der Waals surface area (Å²) in [6.07, 6.45) is 5.41. The molecule has 0 aromatic heterocycles. The Morgan fingerprint density at radius 1 is 1.15 bits per heavy atom. The lowest BCUT2D eigenvalue weighted by atomic mass is 9.94. The van der Waals surface area contributed by atoms with Crippen molar-refractivity contribution in [3.63, 3.8) is 0 Å². The summed E-state index contributed by atoms with van der Waals surface area (Å²) in [4.78, 5) is 28.0. The molecule has 0 radical (unpaired) electrons. The molecule has 5 heteroatoms. The minimum absolute atomic E-state index is 0.119. The molecule has 0 spiro atoms. The fraction of sp³-hybridized carbons (Fsp3) is 0.867. The number of carbonyl (C=O) groups is 2. The fourth-order valence-electron chi connectivity index (χ4n) is 4.41. The highest BCUT2D eigenvalue weighted by Crippen LogP contribution is 2.43. The quantitative estimate of drug-likeness (QED) is 0.843. The van der Waals surface area contributed by atoms with Gasteiger partial charge in [-0.3, -0.25) is 14.5 Å². The topological polar surface area (TPSA) is 60.9 Å². The van der Waals surface area contributed by atoms with E-state index >= 15 is 0 Å². The van der Waals surface area contributed by atoms with Crippen LogP contribution in [0.1, 0.15) is 39.0 Å². The van der Waals surface area contributed by atoms with Crippen LogP contribution in [0.2, 0.25) is 0 Å². The number of carbonyl (C=O) groups excluding carboxylic acids is 1. The molecule has 3 aliphatic rings. The molecular weight excluding hydrogens is 256 g/mol. The van der Waals surface area contributed by atoms with Crippen molar-refractivity contribution in [2.24, 2.45) is 11.8 Å². The molecule has 3 rings (SSSR count). The van der Waals surface area contributed by atoms with E-state index in [1.165, 1.54) is 0 Å². The average molecular weight is 280 g/mol. The van der Waals surface area contributed by atoms with Crippen LogP contribution in [0.25, 0.3) is 0 Å². The van der Waals surface area contributed by atoms with Gasteiger partial charge < -0.3 is 10.0 Å². The smallest absolute Gasteiger partial charge is 0.321 e. The monoisotopic (exact) mass is 280 g/mol. The van der Waals surface area contributed by atoms with Crippen molar-refractivity contribution in [1.29, 1.82) is 0 Å². The van der Waals surface area contributed by atoms with E-state index in [0.717, 1.165) is 51.7 Å². The molecule has 20 heavy (non-hydrogen) atoms. The summed E-state index contributed by atoms with van der Waals surface area (Å²) >= 11 is 0. The van der Waals surface area contributed by atoms with Crippen molar-refractivity contribution in [2.45, 2.75) is 51.1 Å².